The van der Waals surface area contributed by atoms with Gasteiger partial charge in [-0.25, -0.2) is 13.4 Å². The predicted molar refractivity (Wildman–Crippen MR) is 47.4 cm³/mol. The van der Waals surface area contributed by atoms with Gasteiger partial charge in [-0.2, -0.15) is 0 Å². The third-order valence-corrected chi connectivity index (χ3v) is 2.52. The largest absolute Gasteiger partial charge is 0.296 e. The monoisotopic (exact) mass is 219 g/mol. The van der Waals surface area contributed by atoms with Crippen molar-refractivity contribution in [3.8, 4) is 0 Å². The fraction of sp³-hybridized carbons (Fsp3) is 0.143. The van der Waals surface area contributed by atoms with Crippen molar-refractivity contribution in [2.75, 3.05) is 0 Å². The Labute approximate surface area is 80.0 Å². The Morgan fingerprint density at radius 2 is 2.08 bits per heavy atom. The van der Waals surface area contributed by atoms with Crippen LogP contribution in [-0.2, 0) is 9.05 Å². The average Bonchev–Trinajstić information content (AvgIpc) is 2.01. The molecule has 13 heavy (non-hydrogen) atoms. The fourth-order valence-electron chi connectivity index (χ4n) is 0.847. The van der Waals surface area contributed by atoms with Crippen LogP contribution in [0.5, 0.6) is 0 Å². The third-order valence-electron chi connectivity index (χ3n) is 1.34. The smallest absolute Gasteiger partial charge is 0.278 e. The molecule has 6 heteroatoms. The van der Waals surface area contributed by atoms with Gasteiger partial charge in [0.2, 0.25) is 0 Å². The van der Waals surface area contributed by atoms with Crippen LogP contribution >= 0.6 is 10.7 Å². The zero-order valence-electron chi connectivity index (χ0n) is 6.69. The van der Waals surface area contributed by atoms with E-state index in [1.54, 1.807) is 6.92 Å². The highest BCUT2D eigenvalue weighted by atomic mass is 35.7. The molecule has 1 rings (SSSR count). The van der Waals surface area contributed by atoms with E-state index in [9.17, 15) is 13.2 Å². The Kier molecular flexibility index (Phi) is 2.68. The number of carbonyl (C=O) groups is 1. The molecule has 0 radical (unpaired) electrons. The summed E-state index contributed by atoms with van der Waals surface area (Å²) in [5, 5.41) is -0.295. The van der Waals surface area contributed by atoms with Crippen molar-refractivity contribution in [2.45, 2.75) is 11.9 Å². The van der Waals surface area contributed by atoms with E-state index in [0.717, 1.165) is 0 Å². The summed E-state index contributed by atoms with van der Waals surface area (Å²) in [6.07, 6.45) is 0.471. The van der Waals surface area contributed by atoms with Gasteiger partial charge in [0, 0.05) is 10.7 Å². The second-order valence-electron chi connectivity index (χ2n) is 2.46. The maximum atomic E-state index is 10.8. The van der Waals surface area contributed by atoms with Gasteiger partial charge in [-0.05, 0) is 24.6 Å². The van der Waals surface area contributed by atoms with Crippen molar-refractivity contribution in [2.24, 2.45) is 0 Å². The van der Waals surface area contributed by atoms with Gasteiger partial charge in [0.05, 0.1) is 0 Å². The van der Waals surface area contributed by atoms with Gasteiger partial charge >= 0.3 is 0 Å². The maximum absolute atomic E-state index is 10.8. The lowest BCUT2D eigenvalue weighted by Gasteiger charge is -1.98. The number of nitrogens with zero attached hydrogens (tertiary/aromatic N) is 1. The molecule has 0 unspecified atom stereocenters. The molecule has 0 saturated carbocycles. The molecule has 0 spiro atoms. The van der Waals surface area contributed by atoms with Crippen molar-refractivity contribution >= 4 is 26.0 Å². The minimum atomic E-state index is -3.86. The number of hydrogen-bond donors (Lipinski definition) is 0. The highest BCUT2D eigenvalue weighted by molar-refractivity contribution is 8.13. The maximum Gasteiger partial charge on any atom is 0.278 e. The Morgan fingerprint density at radius 1 is 1.46 bits per heavy atom. The number of aldehydes is 1. The Morgan fingerprint density at radius 3 is 2.54 bits per heavy atom. The van der Waals surface area contributed by atoms with E-state index in [-0.39, 0.29) is 10.7 Å². The lowest BCUT2D eigenvalue weighted by molar-refractivity contribution is 0.111. The summed E-state index contributed by atoms with van der Waals surface area (Å²) in [5.74, 6) is 0. The third kappa shape index (κ3) is 2.50. The van der Waals surface area contributed by atoms with E-state index in [0.29, 0.717) is 11.8 Å². The molecule has 0 aliphatic heterocycles. The van der Waals surface area contributed by atoms with Gasteiger partial charge in [0.1, 0.15) is 5.69 Å². The van der Waals surface area contributed by atoms with Crippen LogP contribution in [0.25, 0.3) is 0 Å². The quantitative estimate of drug-likeness (QED) is 0.553. The molecule has 1 aromatic heterocycles. The van der Waals surface area contributed by atoms with Gasteiger partial charge in [0.25, 0.3) is 9.05 Å². The second kappa shape index (κ2) is 3.43. The Bertz CT molecular complexity index is 441. The fourth-order valence-corrected chi connectivity index (χ4v) is 1.63. The first kappa shape index (κ1) is 10.1. The number of halogens is 1. The van der Waals surface area contributed by atoms with Crippen LogP contribution in [0.15, 0.2) is 17.2 Å². The van der Waals surface area contributed by atoms with Crippen LogP contribution in [0.1, 0.15) is 16.1 Å². The van der Waals surface area contributed by atoms with Crippen molar-refractivity contribution < 1.29 is 13.2 Å². The number of carbonyl (C=O) groups excluding carboxylic acids is 1. The molecule has 0 saturated heterocycles. The highest BCUT2D eigenvalue weighted by Crippen LogP contribution is 2.13. The molecule has 70 valence electrons. The highest BCUT2D eigenvalue weighted by Gasteiger charge is 2.12. The lowest BCUT2D eigenvalue weighted by atomic mass is 10.2. The number of pyridine rings is 1. The number of aromatic nitrogens is 1. The molecule has 0 atom stereocenters. The summed E-state index contributed by atoms with van der Waals surface area (Å²) in [6, 6.07) is 2.77. The van der Waals surface area contributed by atoms with Crippen molar-refractivity contribution in [3.05, 3.63) is 23.4 Å². The van der Waals surface area contributed by atoms with E-state index in [4.69, 9.17) is 10.7 Å². The van der Waals surface area contributed by atoms with E-state index in [1.165, 1.54) is 12.1 Å². The SMILES string of the molecule is Cc1cc(C=O)nc(S(=O)(=O)Cl)c1. The molecule has 0 aliphatic carbocycles. The molecule has 0 amide bonds. The first-order valence-corrected chi connectivity index (χ1v) is 5.63. The van der Waals surface area contributed by atoms with Crippen LogP contribution in [0.2, 0.25) is 0 Å². The van der Waals surface area contributed by atoms with E-state index < -0.39 is 9.05 Å². The number of hydrogen-bond acceptors (Lipinski definition) is 4. The molecule has 1 heterocycles. The van der Waals surface area contributed by atoms with E-state index in [2.05, 4.69) is 4.98 Å². The summed E-state index contributed by atoms with van der Waals surface area (Å²) in [7, 11) is 1.20. The van der Waals surface area contributed by atoms with Crippen LogP contribution in [-0.4, -0.2) is 19.7 Å². The van der Waals surface area contributed by atoms with Crippen molar-refractivity contribution in [3.63, 3.8) is 0 Å². The first-order valence-electron chi connectivity index (χ1n) is 3.32. The molecular formula is C7H6ClNO3S. The Balaban J connectivity index is 3.41. The van der Waals surface area contributed by atoms with E-state index >= 15 is 0 Å². The van der Waals surface area contributed by atoms with Gasteiger partial charge in [-0.1, -0.05) is 0 Å². The standard InChI is InChI=1S/C7H6ClNO3S/c1-5-2-6(4-10)9-7(3-5)13(8,11)12/h2-4H,1H3. The Hall–Kier alpha value is -0.940. The number of aryl methyl sites for hydroxylation is 1. The van der Waals surface area contributed by atoms with Crippen LogP contribution in [0, 0.1) is 6.92 Å². The average molecular weight is 220 g/mol. The summed E-state index contributed by atoms with van der Waals surface area (Å²) < 4.78 is 21.7. The summed E-state index contributed by atoms with van der Waals surface area (Å²) in [6.45, 7) is 1.65. The van der Waals surface area contributed by atoms with Gasteiger partial charge in [-0.3, -0.25) is 4.79 Å². The van der Waals surface area contributed by atoms with Crippen LogP contribution in [0.3, 0.4) is 0 Å². The van der Waals surface area contributed by atoms with Gasteiger partial charge in [-0.15, -0.1) is 0 Å². The zero-order valence-corrected chi connectivity index (χ0v) is 8.26. The van der Waals surface area contributed by atoms with Gasteiger partial charge < -0.3 is 0 Å². The van der Waals surface area contributed by atoms with E-state index in [1.807, 2.05) is 0 Å². The van der Waals surface area contributed by atoms with Crippen LogP contribution < -0.4 is 0 Å². The normalized spacial score (nSPS) is 11.2. The minimum Gasteiger partial charge on any atom is -0.296 e. The zero-order chi connectivity index (χ0) is 10.1. The number of rotatable bonds is 2. The van der Waals surface area contributed by atoms with Crippen LogP contribution in [0.4, 0.5) is 0 Å². The molecule has 0 fully saturated rings. The minimum absolute atomic E-state index is 0.0548. The molecule has 1 aromatic rings. The lowest BCUT2D eigenvalue weighted by Crippen LogP contribution is -1.99. The summed E-state index contributed by atoms with van der Waals surface area (Å²) in [5.41, 5.74) is 0.676. The van der Waals surface area contributed by atoms with Crippen molar-refractivity contribution in [1.82, 2.24) is 4.98 Å². The van der Waals surface area contributed by atoms with Gasteiger partial charge in [0.15, 0.2) is 11.3 Å². The molecular weight excluding hydrogens is 214 g/mol. The molecule has 0 bridgehead atoms. The summed E-state index contributed by atoms with van der Waals surface area (Å²) >= 11 is 0. The molecule has 0 N–H and O–H groups in total. The molecule has 0 aromatic carbocycles. The molecule has 0 aliphatic rings. The summed E-state index contributed by atoms with van der Waals surface area (Å²) in [4.78, 5) is 13.9. The second-order valence-corrected chi connectivity index (χ2v) is 4.98. The molecule has 4 nitrogen and oxygen atoms in total. The predicted octanol–water partition coefficient (Wildman–Crippen LogP) is 1.13. The first-order chi connectivity index (χ1) is 5.93. The van der Waals surface area contributed by atoms with Crippen molar-refractivity contribution in [1.29, 1.82) is 0 Å². The topological polar surface area (TPSA) is 64.1 Å².